The maximum absolute atomic E-state index is 4.17. The Morgan fingerprint density at radius 2 is 1.14 bits per heavy atom. The average molecular weight is 429 g/mol. The van der Waals surface area contributed by atoms with Gasteiger partial charge in [-0.15, -0.1) is 37.4 Å². The summed E-state index contributed by atoms with van der Waals surface area (Å²) in [6.07, 6.45) is 8.86. The van der Waals surface area contributed by atoms with Gasteiger partial charge in [-0.25, -0.2) is 11.1 Å². The van der Waals surface area contributed by atoms with Crippen molar-refractivity contribution in [3.05, 3.63) is 69.4 Å². The third-order valence-corrected chi connectivity index (χ3v) is 8.86. The molecule has 0 saturated carbocycles. The van der Waals surface area contributed by atoms with E-state index in [9.17, 15) is 0 Å². The van der Waals surface area contributed by atoms with Gasteiger partial charge in [0.1, 0.15) is 0 Å². The first kappa shape index (κ1) is 24.4. The van der Waals surface area contributed by atoms with Crippen molar-refractivity contribution in [3.63, 3.8) is 0 Å². The molecule has 0 aromatic carbocycles. The van der Waals surface area contributed by atoms with Gasteiger partial charge in [-0.3, -0.25) is 12.2 Å². The molecule has 0 saturated heterocycles. The molecule has 0 aromatic rings. The molecule has 0 radical (unpaired) electrons. The second kappa shape index (κ2) is 9.42. The second-order valence-corrected chi connectivity index (χ2v) is 9.10. The van der Waals surface area contributed by atoms with Crippen LogP contribution in [-0.2, 0) is 26.2 Å². The van der Waals surface area contributed by atoms with E-state index < -0.39 is 8.07 Å². The molecule has 0 N–H and O–H groups in total. The van der Waals surface area contributed by atoms with Gasteiger partial charge in [0.2, 0.25) is 0 Å². The fraction of sp³-hybridized carbons (Fsp3) is 0.333. The van der Waals surface area contributed by atoms with Crippen LogP contribution in [0.2, 0.25) is 0 Å². The molecule has 0 bridgehead atoms. The maximum atomic E-state index is 4.17. The number of halogens is 2. The van der Waals surface area contributed by atoms with Crippen molar-refractivity contribution in [2.75, 3.05) is 0 Å². The fourth-order valence-corrected chi connectivity index (χ4v) is 7.71. The predicted molar refractivity (Wildman–Crippen MR) is 85.6 cm³/mol. The number of hydrogen-bond donors (Lipinski definition) is 0. The molecule has 0 unspecified atom stereocenters. The summed E-state index contributed by atoms with van der Waals surface area (Å²) in [6, 6.07) is 0. The minimum absolute atomic E-state index is 0. The summed E-state index contributed by atoms with van der Waals surface area (Å²) in [5, 5.41) is 2.94. The molecule has 0 nitrogen and oxygen atoms in total. The van der Waals surface area contributed by atoms with Crippen LogP contribution < -0.4 is 24.8 Å². The summed E-state index contributed by atoms with van der Waals surface area (Å²) in [5.74, 6) is 0. The largest absolute Gasteiger partial charge is 4.00 e. The first-order chi connectivity index (χ1) is 8.97. The molecular weight excluding hydrogens is 406 g/mol. The third-order valence-electron chi connectivity index (χ3n) is 4.31. The van der Waals surface area contributed by atoms with Gasteiger partial charge in [-0.05, 0) is 8.07 Å². The first-order valence-corrected chi connectivity index (χ1v) is 8.96. The van der Waals surface area contributed by atoms with Crippen LogP contribution >= 0.6 is 0 Å². The quantitative estimate of drug-likeness (QED) is 0.394. The molecule has 2 aliphatic carbocycles. The second-order valence-electron chi connectivity index (χ2n) is 5.55. The van der Waals surface area contributed by atoms with E-state index in [2.05, 4.69) is 64.4 Å². The molecule has 0 fully saturated rings. The zero-order chi connectivity index (χ0) is 14.2. The minimum Gasteiger partial charge on any atom is -1.00 e. The third kappa shape index (κ3) is 3.78. The Labute approximate surface area is 168 Å². The zero-order valence-corrected chi connectivity index (χ0v) is 18.7. The molecule has 22 heavy (non-hydrogen) atoms. The van der Waals surface area contributed by atoms with Gasteiger partial charge in [0.15, 0.2) is 0 Å². The van der Waals surface area contributed by atoms with Gasteiger partial charge in [0.25, 0.3) is 0 Å². The van der Waals surface area contributed by atoms with Crippen LogP contribution in [0.15, 0.2) is 57.2 Å². The smallest absolute Gasteiger partial charge is 1.00 e. The van der Waals surface area contributed by atoms with Crippen LogP contribution in [0.1, 0.15) is 40.5 Å². The van der Waals surface area contributed by atoms with Crippen LogP contribution in [0.4, 0.5) is 0 Å². The van der Waals surface area contributed by atoms with Crippen LogP contribution in [0.25, 0.3) is 0 Å². The Kier molecular flexibility index (Phi) is 10.4. The van der Waals surface area contributed by atoms with Gasteiger partial charge in [0.05, 0.1) is 0 Å². The van der Waals surface area contributed by atoms with Gasteiger partial charge >= 0.3 is 26.2 Å². The fourth-order valence-electron chi connectivity index (χ4n) is 3.47. The monoisotopic (exact) mass is 426 g/mol. The zero-order valence-electron chi connectivity index (χ0n) is 13.7. The molecule has 0 aromatic heterocycles. The summed E-state index contributed by atoms with van der Waals surface area (Å²) < 4.78 is 0. The van der Waals surface area contributed by atoms with Gasteiger partial charge in [-0.1, -0.05) is 27.7 Å². The summed E-state index contributed by atoms with van der Waals surface area (Å²) in [6.45, 7) is 17.1. The molecular formula is C18H22Cl2SiZr. The van der Waals surface area contributed by atoms with Crippen molar-refractivity contribution in [1.29, 1.82) is 0 Å². The molecule has 0 aliphatic heterocycles. The Morgan fingerprint density at radius 1 is 0.818 bits per heavy atom. The molecule has 116 valence electrons. The predicted octanol–water partition coefficient (Wildman–Crippen LogP) is -1.09. The summed E-state index contributed by atoms with van der Waals surface area (Å²) in [5.41, 5.74) is 9.80. The Hall–Kier alpha value is 0.120. The van der Waals surface area contributed by atoms with Gasteiger partial charge in [0, 0.05) is 0 Å². The molecule has 2 rings (SSSR count). The van der Waals surface area contributed by atoms with Crippen LogP contribution in [0.5, 0.6) is 0 Å². The van der Waals surface area contributed by atoms with E-state index in [0.29, 0.717) is 0 Å². The topological polar surface area (TPSA) is 0 Å². The van der Waals surface area contributed by atoms with Crippen molar-refractivity contribution in [2.45, 2.75) is 40.5 Å². The molecule has 0 spiro atoms. The minimum atomic E-state index is -2.04. The molecule has 0 atom stereocenters. The SMILES string of the molecule is C=C[Si](C=C)(C1=C(C)C[C-]=C1C)C1=C(C)C[C-]=C1C.[Cl-].[Cl-].[Zr+4]. The standard InChI is InChI=1S/C18H22Si.2ClH.Zr/c1-7-19(8-2,17-13(3)9-10-14(17)4)18-15(5)11-12-16(18)6;;;/h7-8H,1-2,9,11H2,3-6H3;2*1H;/q-2;;;+4/p-2. The molecule has 2 aliphatic rings. The van der Waals surface area contributed by atoms with Crippen molar-refractivity contribution in [3.8, 4) is 0 Å². The van der Waals surface area contributed by atoms with E-state index in [1.165, 1.54) is 32.7 Å². The Morgan fingerprint density at radius 3 is 1.32 bits per heavy atom. The van der Waals surface area contributed by atoms with E-state index in [1.54, 1.807) is 0 Å². The molecule has 4 heteroatoms. The first-order valence-electron chi connectivity index (χ1n) is 6.81. The van der Waals surface area contributed by atoms with E-state index in [4.69, 9.17) is 0 Å². The van der Waals surface area contributed by atoms with E-state index in [-0.39, 0.29) is 51.0 Å². The van der Waals surface area contributed by atoms with E-state index in [1.807, 2.05) is 0 Å². The summed E-state index contributed by atoms with van der Waals surface area (Å²) in [7, 11) is -2.04. The molecule has 0 heterocycles. The van der Waals surface area contributed by atoms with Gasteiger partial charge < -0.3 is 24.8 Å². The normalized spacial score (nSPS) is 17.1. The number of rotatable bonds is 4. The average Bonchev–Trinajstić information content (AvgIpc) is 2.90. The van der Waals surface area contributed by atoms with Crippen molar-refractivity contribution >= 4 is 8.07 Å². The van der Waals surface area contributed by atoms with E-state index >= 15 is 0 Å². The summed E-state index contributed by atoms with van der Waals surface area (Å²) >= 11 is 0. The van der Waals surface area contributed by atoms with Crippen molar-refractivity contribution in [2.24, 2.45) is 0 Å². The van der Waals surface area contributed by atoms with Crippen molar-refractivity contribution in [1.82, 2.24) is 0 Å². The van der Waals surface area contributed by atoms with E-state index in [0.717, 1.165) is 12.8 Å². The van der Waals surface area contributed by atoms with Crippen LogP contribution in [-0.4, -0.2) is 8.07 Å². The number of hydrogen-bond acceptors (Lipinski definition) is 0. The Bertz CT molecular complexity index is 528. The van der Waals surface area contributed by atoms with Crippen molar-refractivity contribution < 1.29 is 51.0 Å². The summed E-state index contributed by atoms with van der Waals surface area (Å²) in [4.78, 5) is 0. The van der Waals surface area contributed by atoms with Crippen LogP contribution in [0.3, 0.4) is 0 Å². The van der Waals surface area contributed by atoms with Crippen LogP contribution in [0, 0.1) is 12.2 Å². The number of allylic oxidation sites excluding steroid dienone is 8. The Balaban J connectivity index is 0. The molecule has 0 amide bonds. The maximum Gasteiger partial charge on any atom is 4.00 e. The van der Waals surface area contributed by atoms with Gasteiger partial charge in [-0.2, -0.15) is 21.5 Å².